The van der Waals surface area contributed by atoms with Gasteiger partial charge in [0, 0.05) is 19.2 Å². The highest BCUT2D eigenvalue weighted by atomic mass is 16.5. The Labute approximate surface area is 68.5 Å². The van der Waals surface area contributed by atoms with Gasteiger partial charge in [-0.15, -0.1) is 0 Å². The Balaban J connectivity index is 1.99. The van der Waals surface area contributed by atoms with Crippen molar-refractivity contribution in [1.29, 1.82) is 0 Å². The van der Waals surface area contributed by atoms with E-state index < -0.39 is 0 Å². The van der Waals surface area contributed by atoms with E-state index in [9.17, 15) is 0 Å². The van der Waals surface area contributed by atoms with Gasteiger partial charge in [-0.3, -0.25) is 4.90 Å². The highest BCUT2D eigenvalue weighted by Crippen LogP contribution is 2.26. The SMILES string of the molecule is C[C@@H]1CCC[C@H]2OCCCN12. The van der Waals surface area contributed by atoms with Gasteiger partial charge in [0.1, 0.15) is 6.23 Å². The molecule has 2 aliphatic rings. The van der Waals surface area contributed by atoms with Gasteiger partial charge >= 0.3 is 0 Å². The van der Waals surface area contributed by atoms with Crippen LogP contribution < -0.4 is 0 Å². The molecule has 0 aromatic carbocycles. The molecule has 0 aromatic rings. The maximum atomic E-state index is 5.68. The number of piperidine rings is 1. The van der Waals surface area contributed by atoms with Gasteiger partial charge in [0.15, 0.2) is 0 Å². The van der Waals surface area contributed by atoms with Gasteiger partial charge in [0.2, 0.25) is 0 Å². The Hall–Kier alpha value is -0.0800. The van der Waals surface area contributed by atoms with Crippen LogP contribution in [0.15, 0.2) is 0 Å². The van der Waals surface area contributed by atoms with Crippen LogP contribution in [0.2, 0.25) is 0 Å². The number of hydrogen-bond acceptors (Lipinski definition) is 2. The topological polar surface area (TPSA) is 12.5 Å². The first-order chi connectivity index (χ1) is 5.38. The molecule has 2 nitrogen and oxygen atoms in total. The average Bonchev–Trinajstić information content (AvgIpc) is 2.06. The number of rotatable bonds is 0. The van der Waals surface area contributed by atoms with Gasteiger partial charge in [0.25, 0.3) is 0 Å². The van der Waals surface area contributed by atoms with Crippen LogP contribution >= 0.6 is 0 Å². The largest absolute Gasteiger partial charge is 0.363 e. The Bertz CT molecular complexity index is 136. The molecule has 0 aromatic heterocycles. The van der Waals surface area contributed by atoms with Crippen molar-refractivity contribution >= 4 is 0 Å². The molecule has 0 radical (unpaired) electrons. The average molecular weight is 155 g/mol. The zero-order valence-corrected chi connectivity index (χ0v) is 7.25. The fraction of sp³-hybridized carbons (Fsp3) is 1.00. The number of nitrogens with zero attached hydrogens (tertiary/aromatic N) is 1. The van der Waals surface area contributed by atoms with E-state index in [0.29, 0.717) is 6.23 Å². The second kappa shape index (κ2) is 3.11. The molecular weight excluding hydrogens is 138 g/mol. The summed E-state index contributed by atoms with van der Waals surface area (Å²) in [4.78, 5) is 2.52. The van der Waals surface area contributed by atoms with Gasteiger partial charge in [-0.05, 0) is 32.6 Å². The number of hydrogen-bond donors (Lipinski definition) is 0. The highest BCUT2D eigenvalue weighted by molar-refractivity contribution is 4.79. The third-order valence-corrected chi connectivity index (χ3v) is 2.88. The van der Waals surface area contributed by atoms with Crippen molar-refractivity contribution in [2.75, 3.05) is 13.2 Å². The first-order valence-corrected chi connectivity index (χ1v) is 4.75. The molecular formula is C9H17NO. The minimum atomic E-state index is 0.465. The molecule has 2 heterocycles. The fourth-order valence-electron chi connectivity index (χ4n) is 2.21. The van der Waals surface area contributed by atoms with Crippen LogP contribution in [0.4, 0.5) is 0 Å². The minimum absolute atomic E-state index is 0.465. The molecule has 11 heavy (non-hydrogen) atoms. The summed E-state index contributed by atoms with van der Waals surface area (Å²) >= 11 is 0. The third kappa shape index (κ3) is 1.42. The monoisotopic (exact) mass is 155 g/mol. The van der Waals surface area contributed by atoms with E-state index >= 15 is 0 Å². The van der Waals surface area contributed by atoms with Crippen LogP contribution in [0.3, 0.4) is 0 Å². The van der Waals surface area contributed by atoms with Crippen molar-refractivity contribution in [3.05, 3.63) is 0 Å². The second-order valence-electron chi connectivity index (χ2n) is 3.70. The third-order valence-electron chi connectivity index (χ3n) is 2.88. The molecule has 64 valence electrons. The fourth-order valence-corrected chi connectivity index (χ4v) is 2.21. The maximum Gasteiger partial charge on any atom is 0.110 e. The predicted octanol–water partition coefficient (Wildman–Crippen LogP) is 1.61. The van der Waals surface area contributed by atoms with Crippen LogP contribution in [-0.4, -0.2) is 30.3 Å². The maximum absolute atomic E-state index is 5.68. The summed E-state index contributed by atoms with van der Waals surface area (Å²) in [5.74, 6) is 0. The quantitative estimate of drug-likeness (QED) is 0.527. The summed E-state index contributed by atoms with van der Waals surface area (Å²) in [6.07, 6.45) is 5.65. The van der Waals surface area contributed by atoms with E-state index in [1.165, 1.54) is 32.2 Å². The molecule has 2 atom stereocenters. The van der Waals surface area contributed by atoms with E-state index in [0.717, 1.165) is 12.6 Å². The zero-order chi connectivity index (χ0) is 7.68. The predicted molar refractivity (Wildman–Crippen MR) is 44.4 cm³/mol. The van der Waals surface area contributed by atoms with E-state index in [2.05, 4.69) is 11.8 Å². The lowest BCUT2D eigenvalue weighted by Crippen LogP contribution is -2.50. The van der Waals surface area contributed by atoms with Crippen LogP contribution in [-0.2, 0) is 4.74 Å². The zero-order valence-electron chi connectivity index (χ0n) is 7.25. The van der Waals surface area contributed by atoms with Gasteiger partial charge in [-0.25, -0.2) is 0 Å². The van der Waals surface area contributed by atoms with Crippen LogP contribution in [0, 0.1) is 0 Å². The molecule has 2 saturated heterocycles. The molecule has 0 unspecified atom stereocenters. The summed E-state index contributed by atoms with van der Waals surface area (Å²) in [7, 11) is 0. The molecule has 0 bridgehead atoms. The lowest BCUT2D eigenvalue weighted by molar-refractivity contribution is -0.131. The number of ether oxygens (including phenoxy) is 1. The molecule has 0 spiro atoms. The molecule has 2 heteroatoms. The van der Waals surface area contributed by atoms with Crippen molar-refractivity contribution in [3.63, 3.8) is 0 Å². The molecule has 0 aliphatic carbocycles. The molecule has 2 rings (SSSR count). The Kier molecular flexibility index (Phi) is 2.14. The normalized spacial score (nSPS) is 40.1. The van der Waals surface area contributed by atoms with E-state index in [4.69, 9.17) is 4.74 Å². The summed E-state index contributed by atoms with van der Waals surface area (Å²) in [6, 6.07) is 0.758. The first-order valence-electron chi connectivity index (χ1n) is 4.75. The molecule has 0 amide bonds. The minimum Gasteiger partial charge on any atom is -0.363 e. The molecule has 2 fully saturated rings. The summed E-state index contributed by atoms with van der Waals surface area (Å²) < 4.78 is 5.68. The molecule has 2 aliphatic heterocycles. The van der Waals surface area contributed by atoms with Crippen molar-refractivity contribution < 1.29 is 4.74 Å². The smallest absolute Gasteiger partial charge is 0.110 e. The number of fused-ring (bicyclic) bond motifs is 1. The summed E-state index contributed by atoms with van der Waals surface area (Å²) in [5, 5.41) is 0. The first kappa shape index (κ1) is 7.56. The van der Waals surface area contributed by atoms with Gasteiger partial charge < -0.3 is 4.74 Å². The lowest BCUT2D eigenvalue weighted by atomic mass is 10.0. The van der Waals surface area contributed by atoms with E-state index in [1.54, 1.807) is 0 Å². The van der Waals surface area contributed by atoms with Crippen LogP contribution in [0.5, 0.6) is 0 Å². The van der Waals surface area contributed by atoms with Crippen LogP contribution in [0.1, 0.15) is 32.6 Å². The molecule has 0 N–H and O–H groups in total. The van der Waals surface area contributed by atoms with E-state index in [1.807, 2.05) is 0 Å². The summed E-state index contributed by atoms with van der Waals surface area (Å²) in [6.45, 7) is 4.56. The van der Waals surface area contributed by atoms with Crippen molar-refractivity contribution in [2.24, 2.45) is 0 Å². The van der Waals surface area contributed by atoms with Crippen molar-refractivity contribution in [2.45, 2.75) is 44.9 Å². The van der Waals surface area contributed by atoms with Crippen LogP contribution in [0.25, 0.3) is 0 Å². The Morgan fingerprint density at radius 1 is 1.27 bits per heavy atom. The molecule has 0 saturated carbocycles. The van der Waals surface area contributed by atoms with Crippen molar-refractivity contribution in [3.8, 4) is 0 Å². The van der Waals surface area contributed by atoms with Gasteiger partial charge in [-0.1, -0.05) is 0 Å². The second-order valence-corrected chi connectivity index (χ2v) is 3.70. The van der Waals surface area contributed by atoms with Gasteiger partial charge in [-0.2, -0.15) is 0 Å². The Morgan fingerprint density at radius 2 is 2.18 bits per heavy atom. The van der Waals surface area contributed by atoms with Gasteiger partial charge in [0.05, 0.1) is 0 Å². The summed E-state index contributed by atoms with van der Waals surface area (Å²) in [5.41, 5.74) is 0. The highest BCUT2D eigenvalue weighted by Gasteiger charge is 2.30. The van der Waals surface area contributed by atoms with E-state index in [-0.39, 0.29) is 0 Å². The Morgan fingerprint density at radius 3 is 3.00 bits per heavy atom. The lowest BCUT2D eigenvalue weighted by Gasteiger charge is -2.43. The van der Waals surface area contributed by atoms with Crippen molar-refractivity contribution in [1.82, 2.24) is 4.90 Å². The standard InChI is InChI=1S/C9H17NO/c1-8-4-2-5-9-10(8)6-3-7-11-9/h8-9H,2-7H2,1H3/t8-,9-/m1/s1.